The lowest BCUT2D eigenvalue weighted by atomic mass is 9.91. The molecule has 0 radical (unpaired) electrons. The van der Waals surface area contributed by atoms with E-state index in [1.165, 1.54) is 0 Å². The van der Waals surface area contributed by atoms with Crippen LogP contribution >= 0.6 is 0 Å². The maximum Gasteiger partial charge on any atom is 0.320 e. The van der Waals surface area contributed by atoms with Gasteiger partial charge >= 0.3 is 11.9 Å². The van der Waals surface area contributed by atoms with E-state index in [-0.39, 0.29) is 5.92 Å². The maximum absolute atomic E-state index is 12.1. The molecule has 2 atom stereocenters. The number of carboxylic acid groups (broad SMARTS) is 1. The van der Waals surface area contributed by atoms with Crippen LogP contribution in [-0.2, 0) is 14.3 Å². The molecule has 0 saturated heterocycles. The molecule has 1 N–H and O–H groups in total. The Kier molecular flexibility index (Phi) is 7.63. The molecule has 1 saturated carbocycles. The monoisotopic (exact) mass is 284 g/mol. The predicted octanol–water partition coefficient (Wildman–Crippen LogP) is 3.64. The van der Waals surface area contributed by atoms with Crippen LogP contribution < -0.4 is 0 Å². The van der Waals surface area contributed by atoms with Gasteiger partial charge in [-0.3, -0.25) is 9.59 Å². The molecule has 0 spiro atoms. The third-order valence-corrected chi connectivity index (χ3v) is 4.40. The number of carboxylic acids is 1. The number of unbranched alkanes of at least 4 members (excludes halogenated alkanes) is 1. The highest BCUT2D eigenvalue weighted by atomic mass is 16.5. The smallest absolute Gasteiger partial charge is 0.320 e. The standard InChI is InChI=1S/C16H28O4/c1-3-5-8-12(4-2)11-20-16(19)14(15(17)18)13-9-6-7-10-13/h12-14H,3-11H2,1-2H3,(H,17,18). The zero-order valence-corrected chi connectivity index (χ0v) is 12.8. The molecular formula is C16H28O4. The van der Waals surface area contributed by atoms with Crippen molar-refractivity contribution in [2.24, 2.45) is 17.8 Å². The van der Waals surface area contributed by atoms with Crippen molar-refractivity contribution in [1.29, 1.82) is 0 Å². The summed E-state index contributed by atoms with van der Waals surface area (Å²) >= 11 is 0. The first-order valence-corrected chi connectivity index (χ1v) is 7.99. The van der Waals surface area contributed by atoms with Gasteiger partial charge in [-0.25, -0.2) is 0 Å². The van der Waals surface area contributed by atoms with Crippen molar-refractivity contribution in [2.75, 3.05) is 6.61 Å². The molecule has 0 heterocycles. The molecule has 1 aliphatic carbocycles. The molecule has 1 rings (SSSR count). The quantitative estimate of drug-likeness (QED) is 0.518. The molecule has 116 valence electrons. The Morgan fingerprint density at radius 2 is 1.90 bits per heavy atom. The number of carbonyl (C=O) groups is 2. The highest BCUT2D eigenvalue weighted by Gasteiger charge is 2.37. The van der Waals surface area contributed by atoms with Crippen LogP contribution in [0.15, 0.2) is 0 Å². The molecule has 0 bridgehead atoms. The van der Waals surface area contributed by atoms with Crippen molar-refractivity contribution in [1.82, 2.24) is 0 Å². The molecule has 0 aliphatic heterocycles. The largest absolute Gasteiger partial charge is 0.481 e. The number of esters is 1. The lowest BCUT2D eigenvalue weighted by Crippen LogP contribution is -2.32. The molecule has 1 aliphatic rings. The highest BCUT2D eigenvalue weighted by molar-refractivity contribution is 5.94. The molecule has 4 heteroatoms. The molecule has 0 aromatic carbocycles. The third-order valence-electron chi connectivity index (χ3n) is 4.40. The molecule has 0 aromatic rings. The van der Waals surface area contributed by atoms with Gasteiger partial charge in [0.05, 0.1) is 6.61 Å². The van der Waals surface area contributed by atoms with E-state index in [0.717, 1.165) is 51.4 Å². The minimum absolute atomic E-state index is 0.0317. The second-order valence-corrected chi connectivity index (χ2v) is 5.91. The molecule has 1 fully saturated rings. The molecule has 4 nitrogen and oxygen atoms in total. The number of rotatable bonds is 9. The third kappa shape index (κ3) is 5.14. The van der Waals surface area contributed by atoms with Gasteiger partial charge in [-0.05, 0) is 31.1 Å². The van der Waals surface area contributed by atoms with Crippen LogP contribution in [-0.4, -0.2) is 23.7 Å². The van der Waals surface area contributed by atoms with E-state index >= 15 is 0 Å². The summed E-state index contributed by atoms with van der Waals surface area (Å²) in [6.07, 6.45) is 7.98. The first-order valence-electron chi connectivity index (χ1n) is 7.99. The van der Waals surface area contributed by atoms with Crippen LogP contribution in [0.25, 0.3) is 0 Å². The summed E-state index contributed by atoms with van der Waals surface area (Å²) in [7, 11) is 0. The normalized spacial score (nSPS) is 18.7. The van der Waals surface area contributed by atoms with E-state index < -0.39 is 17.9 Å². The van der Waals surface area contributed by atoms with E-state index in [1.807, 2.05) is 0 Å². The SMILES string of the molecule is CCCCC(CC)COC(=O)C(C(=O)O)C1CCCC1. The van der Waals surface area contributed by atoms with Gasteiger partial charge in [0, 0.05) is 0 Å². The zero-order chi connectivity index (χ0) is 15.0. The van der Waals surface area contributed by atoms with Gasteiger partial charge in [-0.2, -0.15) is 0 Å². The van der Waals surface area contributed by atoms with Gasteiger partial charge < -0.3 is 9.84 Å². The van der Waals surface area contributed by atoms with Crippen molar-refractivity contribution in [3.8, 4) is 0 Å². The average molecular weight is 284 g/mol. The Morgan fingerprint density at radius 1 is 1.25 bits per heavy atom. The van der Waals surface area contributed by atoms with Crippen LogP contribution in [0.1, 0.15) is 65.2 Å². The van der Waals surface area contributed by atoms with Crippen LogP contribution in [0.5, 0.6) is 0 Å². The summed E-state index contributed by atoms with van der Waals surface area (Å²) in [5.74, 6) is -2.18. The van der Waals surface area contributed by atoms with Crippen LogP contribution in [0.4, 0.5) is 0 Å². The minimum atomic E-state index is -1.02. The first kappa shape index (κ1) is 17.0. The summed E-state index contributed by atoms with van der Waals surface area (Å²) < 4.78 is 5.31. The topological polar surface area (TPSA) is 63.6 Å². The van der Waals surface area contributed by atoms with E-state index in [9.17, 15) is 14.7 Å². The van der Waals surface area contributed by atoms with Gasteiger partial charge in [0.15, 0.2) is 5.92 Å². The molecular weight excluding hydrogens is 256 g/mol. The fourth-order valence-electron chi connectivity index (χ4n) is 2.97. The van der Waals surface area contributed by atoms with Crippen molar-refractivity contribution in [2.45, 2.75) is 65.2 Å². The Labute approximate surface area is 121 Å². The van der Waals surface area contributed by atoms with Crippen LogP contribution in [0.3, 0.4) is 0 Å². The summed E-state index contributed by atoms with van der Waals surface area (Å²) in [5, 5.41) is 9.27. The number of hydrogen-bond donors (Lipinski definition) is 1. The van der Waals surface area contributed by atoms with Crippen molar-refractivity contribution < 1.29 is 19.4 Å². The maximum atomic E-state index is 12.1. The lowest BCUT2D eigenvalue weighted by Gasteiger charge is -2.20. The summed E-state index contributed by atoms with van der Waals surface area (Å²) in [6.45, 7) is 4.59. The van der Waals surface area contributed by atoms with Crippen LogP contribution in [0.2, 0.25) is 0 Å². The van der Waals surface area contributed by atoms with Crippen LogP contribution in [0, 0.1) is 17.8 Å². The Morgan fingerprint density at radius 3 is 2.40 bits per heavy atom. The zero-order valence-electron chi connectivity index (χ0n) is 12.8. The second kappa shape index (κ2) is 8.98. The number of ether oxygens (including phenoxy) is 1. The average Bonchev–Trinajstić information content (AvgIpc) is 2.92. The van der Waals surface area contributed by atoms with Crippen molar-refractivity contribution in [3.05, 3.63) is 0 Å². The number of hydrogen-bond acceptors (Lipinski definition) is 3. The molecule has 2 unspecified atom stereocenters. The van der Waals surface area contributed by atoms with E-state index in [0.29, 0.717) is 12.5 Å². The Bertz CT molecular complexity index is 308. The van der Waals surface area contributed by atoms with Gasteiger partial charge in [0.2, 0.25) is 0 Å². The lowest BCUT2D eigenvalue weighted by molar-refractivity contribution is -0.162. The summed E-state index contributed by atoms with van der Waals surface area (Å²) in [6, 6.07) is 0. The predicted molar refractivity (Wildman–Crippen MR) is 77.3 cm³/mol. The first-order chi connectivity index (χ1) is 9.60. The second-order valence-electron chi connectivity index (χ2n) is 5.91. The van der Waals surface area contributed by atoms with E-state index in [1.54, 1.807) is 0 Å². The summed E-state index contributed by atoms with van der Waals surface area (Å²) in [5.41, 5.74) is 0. The van der Waals surface area contributed by atoms with Gasteiger partial charge in [-0.1, -0.05) is 46.0 Å². The fraction of sp³-hybridized carbons (Fsp3) is 0.875. The molecule has 20 heavy (non-hydrogen) atoms. The molecule has 0 amide bonds. The van der Waals surface area contributed by atoms with E-state index in [4.69, 9.17) is 4.74 Å². The van der Waals surface area contributed by atoms with Gasteiger partial charge in [-0.15, -0.1) is 0 Å². The Hall–Kier alpha value is -1.06. The van der Waals surface area contributed by atoms with Gasteiger partial charge in [0.25, 0.3) is 0 Å². The summed E-state index contributed by atoms with van der Waals surface area (Å²) in [4.78, 5) is 23.4. The van der Waals surface area contributed by atoms with Crippen molar-refractivity contribution >= 4 is 11.9 Å². The number of carbonyl (C=O) groups excluding carboxylic acids is 1. The molecule has 0 aromatic heterocycles. The highest BCUT2D eigenvalue weighted by Crippen LogP contribution is 2.32. The van der Waals surface area contributed by atoms with E-state index in [2.05, 4.69) is 13.8 Å². The number of aliphatic carboxylic acids is 1. The fourth-order valence-corrected chi connectivity index (χ4v) is 2.97. The van der Waals surface area contributed by atoms with Gasteiger partial charge in [0.1, 0.15) is 0 Å². The Balaban J connectivity index is 2.47. The minimum Gasteiger partial charge on any atom is -0.481 e. The van der Waals surface area contributed by atoms with Crippen molar-refractivity contribution in [3.63, 3.8) is 0 Å².